The van der Waals surface area contributed by atoms with E-state index >= 15 is 0 Å². The smallest absolute Gasteiger partial charge is 0.392 e. The Morgan fingerprint density at radius 1 is 1.19 bits per heavy atom. The molecule has 112 valence electrons. The fourth-order valence-electron chi connectivity index (χ4n) is 2.55. The van der Waals surface area contributed by atoms with Gasteiger partial charge in [0, 0.05) is 23.2 Å². The second-order valence-corrected chi connectivity index (χ2v) is 5.28. The summed E-state index contributed by atoms with van der Waals surface area (Å²) in [5.74, 6) is 0.350. The molecule has 21 heavy (non-hydrogen) atoms. The third kappa shape index (κ3) is 2.95. The highest BCUT2D eigenvalue weighted by Crippen LogP contribution is 2.37. The number of halogens is 3. The van der Waals surface area contributed by atoms with Crippen LogP contribution in [0.4, 0.5) is 19.0 Å². The van der Waals surface area contributed by atoms with Gasteiger partial charge in [0.15, 0.2) is 0 Å². The van der Waals surface area contributed by atoms with Crippen molar-refractivity contribution in [2.24, 2.45) is 0 Å². The van der Waals surface area contributed by atoms with Crippen LogP contribution in [0.2, 0.25) is 0 Å². The number of aliphatic hydroxyl groups is 1. The van der Waals surface area contributed by atoms with E-state index in [2.05, 4.69) is 4.98 Å². The molecule has 0 saturated heterocycles. The second-order valence-electron chi connectivity index (χ2n) is 5.28. The average molecular weight is 296 g/mol. The monoisotopic (exact) mass is 296 g/mol. The lowest BCUT2D eigenvalue weighted by molar-refractivity contribution is -0.120. The number of pyridine rings is 1. The molecule has 2 aromatic rings. The van der Waals surface area contributed by atoms with Gasteiger partial charge in [0.1, 0.15) is 12.4 Å². The molecule has 0 amide bonds. The molecule has 3 rings (SSSR count). The van der Waals surface area contributed by atoms with Gasteiger partial charge in [-0.25, -0.2) is 4.98 Å². The normalized spacial score (nSPS) is 15.4. The van der Waals surface area contributed by atoms with Crippen LogP contribution in [0.5, 0.6) is 0 Å². The van der Waals surface area contributed by atoms with Crippen molar-refractivity contribution in [1.82, 2.24) is 4.98 Å². The van der Waals surface area contributed by atoms with Gasteiger partial charge in [0.05, 0.1) is 6.61 Å². The highest BCUT2D eigenvalue weighted by Gasteiger charge is 2.39. The maximum atomic E-state index is 12.8. The number of anilines is 1. The fraction of sp³-hybridized carbons (Fsp3) is 0.400. The lowest BCUT2D eigenvalue weighted by Gasteiger charge is -2.26. The molecule has 1 aromatic carbocycles. The number of alkyl halides is 3. The van der Waals surface area contributed by atoms with Crippen molar-refractivity contribution < 1.29 is 18.3 Å². The number of hydrogen-bond donors (Lipinski definition) is 1. The molecule has 6 heteroatoms. The molecule has 0 atom stereocenters. The van der Waals surface area contributed by atoms with Crippen LogP contribution in [0.1, 0.15) is 18.4 Å². The van der Waals surface area contributed by atoms with Gasteiger partial charge in [-0.05, 0) is 18.2 Å². The molecule has 0 radical (unpaired) electrons. The number of nitrogens with zero attached hydrogens (tertiary/aromatic N) is 2. The Morgan fingerprint density at radius 3 is 2.43 bits per heavy atom. The van der Waals surface area contributed by atoms with Crippen molar-refractivity contribution in [3.05, 3.63) is 36.0 Å². The molecule has 0 unspecified atom stereocenters. The van der Waals surface area contributed by atoms with Gasteiger partial charge < -0.3 is 10.0 Å². The Labute approximate surface area is 120 Å². The number of fused-ring (bicyclic) bond motifs is 1. The summed E-state index contributed by atoms with van der Waals surface area (Å²) in [5, 5.41) is 10.7. The summed E-state index contributed by atoms with van der Waals surface area (Å²) in [7, 11) is 0. The Bertz CT molecular complexity index is 653. The van der Waals surface area contributed by atoms with E-state index in [1.807, 2.05) is 0 Å². The van der Waals surface area contributed by atoms with Crippen LogP contribution in [0.3, 0.4) is 0 Å². The van der Waals surface area contributed by atoms with Gasteiger partial charge in [-0.15, -0.1) is 0 Å². The molecule has 1 N–H and O–H groups in total. The zero-order chi connectivity index (χ0) is 15.0. The van der Waals surface area contributed by atoms with Gasteiger partial charge in [0.2, 0.25) is 0 Å². The summed E-state index contributed by atoms with van der Waals surface area (Å²) in [6.45, 7) is -1.18. The largest absolute Gasteiger partial charge is 0.405 e. The minimum atomic E-state index is -4.26. The van der Waals surface area contributed by atoms with E-state index in [1.54, 1.807) is 24.3 Å². The van der Waals surface area contributed by atoms with Crippen molar-refractivity contribution >= 4 is 16.6 Å². The molecule has 0 bridgehead atoms. The molecule has 1 fully saturated rings. The van der Waals surface area contributed by atoms with E-state index in [9.17, 15) is 18.3 Å². The van der Waals surface area contributed by atoms with Gasteiger partial charge in [0.25, 0.3) is 0 Å². The third-order valence-corrected chi connectivity index (χ3v) is 3.64. The summed E-state index contributed by atoms with van der Waals surface area (Å²) in [4.78, 5) is 5.53. The van der Waals surface area contributed by atoms with E-state index in [-0.39, 0.29) is 12.6 Å². The van der Waals surface area contributed by atoms with Crippen LogP contribution in [0.25, 0.3) is 10.8 Å². The quantitative estimate of drug-likeness (QED) is 0.941. The molecule has 3 nitrogen and oxygen atoms in total. The molecule has 0 aliphatic heterocycles. The number of hydrogen-bond acceptors (Lipinski definition) is 3. The van der Waals surface area contributed by atoms with Gasteiger partial charge >= 0.3 is 6.18 Å². The predicted molar refractivity (Wildman–Crippen MR) is 74.1 cm³/mol. The predicted octanol–water partition coefficient (Wildman–Crippen LogP) is 3.26. The minimum absolute atomic E-state index is 0.0949. The van der Waals surface area contributed by atoms with E-state index < -0.39 is 12.7 Å². The van der Waals surface area contributed by atoms with Gasteiger partial charge in [-0.1, -0.05) is 24.3 Å². The minimum Gasteiger partial charge on any atom is -0.392 e. The summed E-state index contributed by atoms with van der Waals surface area (Å²) in [6.07, 6.45) is -1.29. The van der Waals surface area contributed by atoms with Crippen molar-refractivity contribution in [1.29, 1.82) is 0 Å². The lowest BCUT2D eigenvalue weighted by atomic mass is 10.1. The Kier molecular flexibility index (Phi) is 3.49. The standard InChI is InChI=1S/C15H15F3N2O/c16-15(17,18)9-20(11-5-6-11)14-13-4-2-1-3-12(13)10(8-21)7-19-14/h1-4,7,11,21H,5-6,8-9H2. The number of benzene rings is 1. The first-order valence-corrected chi connectivity index (χ1v) is 6.80. The highest BCUT2D eigenvalue weighted by molar-refractivity contribution is 5.94. The molecule has 1 saturated carbocycles. The second kappa shape index (κ2) is 5.18. The topological polar surface area (TPSA) is 36.4 Å². The van der Waals surface area contributed by atoms with E-state index in [0.717, 1.165) is 18.2 Å². The summed E-state index contributed by atoms with van der Waals surface area (Å²) >= 11 is 0. The van der Waals surface area contributed by atoms with Crippen LogP contribution in [0, 0.1) is 0 Å². The van der Waals surface area contributed by atoms with Crippen LogP contribution >= 0.6 is 0 Å². The maximum absolute atomic E-state index is 12.8. The van der Waals surface area contributed by atoms with Crippen LogP contribution in [-0.4, -0.2) is 28.9 Å². The van der Waals surface area contributed by atoms with Gasteiger partial charge in [-0.3, -0.25) is 0 Å². The molecule has 1 heterocycles. The van der Waals surface area contributed by atoms with Crippen molar-refractivity contribution in [2.75, 3.05) is 11.4 Å². The van der Waals surface area contributed by atoms with E-state index in [1.165, 1.54) is 11.1 Å². The zero-order valence-corrected chi connectivity index (χ0v) is 11.3. The first-order valence-electron chi connectivity index (χ1n) is 6.80. The Morgan fingerprint density at radius 2 is 1.86 bits per heavy atom. The first kappa shape index (κ1) is 14.1. The first-order chi connectivity index (χ1) is 9.99. The summed E-state index contributed by atoms with van der Waals surface area (Å²) < 4.78 is 38.4. The van der Waals surface area contributed by atoms with E-state index in [0.29, 0.717) is 16.8 Å². The molecule has 1 aliphatic carbocycles. The van der Waals surface area contributed by atoms with Crippen LogP contribution in [-0.2, 0) is 6.61 Å². The molecule has 1 aromatic heterocycles. The molecular weight excluding hydrogens is 281 g/mol. The Hall–Kier alpha value is -1.82. The number of aromatic nitrogens is 1. The van der Waals surface area contributed by atoms with Gasteiger partial charge in [-0.2, -0.15) is 13.2 Å². The lowest BCUT2D eigenvalue weighted by Crippen LogP contribution is -2.36. The third-order valence-electron chi connectivity index (χ3n) is 3.64. The Balaban J connectivity index is 2.10. The van der Waals surface area contributed by atoms with Crippen LogP contribution in [0.15, 0.2) is 30.5 Å². The maximum Gasteiger partial charge on any atom is 0.405 e. The fourth-order valence-corrected chi connectivity index (χ4v) is 2.55. The summed E-state index contributed by atoms with van der Waals surface area (Å²) in [6, 6.07) is 7.03. The number of aliphatic hydroxyl groups excluding tert-OH is 1. The molecule has 1 aliphatic rings. The number of rotatable bonds is 4. The molecule has 0 spiro atoms. The highest BCUT2D eigenvalue weighted by atomic mass is 19.4. The average Bonchev–Trinajstić information content (AvgIpc) is 3.27. The van der Waals surface area contributed by atoms with Crippen molar-refractivity contribution in [3.8, 4) is 0 Å². The van der Waals surface area contributed by atoms with Crippen LogP contribution < -0.4 is 4.90 Å². The summed E-state index contributed by atoms with van der Waals surface area (Å²) in [5.41, 5.74) is 0.622. The van der Waals surface area contributed by atoms with Crippen molar-refractivity contribution in [3.63, 3.8) is 0 Å². The zero-order valence-electron chi connectivity index (χ0n) is 11.3. The van der Waals surface area contributed by atoms with E-state index in [4.69, 9.17) is 0 Å². The molecular formula is C15H15F3N2O. The van der Waals surface area contributed by atoms with Crippen molar-refractivity contribution in [2.45, 2.75) is 31.7 Å². The SMILES string of the molecule is OCc1cnc(N(CC(F)(F)F)C2CC2)c2ccccc12.